The van der Waals surface area contributed by atoms with Gasteiger partial charge in [0.15, 0.2) is 28.3 Å². The summed E-state index contributed by atoms with van der Waals surface area (Å²) in [6.45, 7) is 0. The number of fused-ring (bicyclic) bond motifs is 1. The van der Waals surface area contributed by atoms with Crippen molar-refractivity contribution in [1.29, 1.82) is 0 Å². The van der Waals surface area contributed by atoms with Crippen molar-refractivity contribution in [1.82, 2.24) is 19.9 Å². The molecular weight excluding hydrogens is 230 g/mol. The van der Waals surface area contributed by atoms with Crippen LogP contribution in [0.25, 0.3) is 22.7 Å². The summed E-state index contributed by atoms with van der Waals surface area (Å²) in [5, 5.41) is 0.300. The van der Waals surface area contributed by atoms with E-state index in [1.807, 2.05) is 0 Å². The average Bonchev–Trinajstić information content (AvgIpc) is 2.84. The molecule has 0 saturated carbocycles. The second-order valence-corrected chi connectivity index (χ2v) is 3.52. The Hall–Kier alpha value is -2.08. The van der Waals surface area contributed by atoms with Crippen LogP contribution in [0, 0.1) is 0 Å². The van der Waals surface area contributed by atoms with Gasteiger partial charge in [0, 0.05) is 0 Å². The van der Waals surface area contributed by atoms with Gasteiger partial charge in [-0.2, -0.15) is 0 Å². The maximum Gasteiger partial charge on any atom is 0.194 e. The summed E-state index contributed by atoms with van der Waals surface area (Å²) in [5.41, 5.74) is 6.76. The van der Waals surface area contributed by atoms with Crippen LogP contribution in [0.2, 0.25) is 5.22 Å². The van der Waals surface area contributed by atoms with E-state index in [2.05, 4.69) is 19.9 Å². The van der Waals surface area contributed by atoms with Gasteiger partial charge >= 0.3 is 0 Å². The van der Waals surface area contributed by atoms with Gasteiger partial charge in [0.1, 0.15) is 11.8 Å². The largest absolute Gasteiger partial charge is 0.441 e. The number of halogens is 1. The molecule has 0 atom stereocenters. The Labute approximate surface area is 94.5 Å². The second-order valence-electron chi connectivity index (χ2n) is 3.15. The first kappa shape index (κ1) is 9.17. The van der Waals surface area contributed by atoms with Gasteiger partial charge in [-0.05, 0) is 23.7 Å². The second kappa shape index (κ2) is 3.21. The zero-order valence-corrected chi connectivity index (χ0v) is 8.69. The molecule has 3 aromatic heterocycles. The predicted octanol–water partition coefficient (Wildman–Crippen LogP) is 1.85. The molecule has 0 unspecified atom stereocenters. The van der Waals surface area contributed by atoms with Crippen LogP contribution in [-0.2, 0) is 0 Å². The van der Waals surface area contributed by atoms with Gasteiger partial charge in [-0.3, -0.25) is 0 Å². The van der Waals surface area contributed by atoms with Crippen molar-refractivity contribution in [3.05, 3.63) is 23.7 Å². The molecule has 0 aromatic carbocycles. The zero-order chi connectivity index (χ0) is 11.1. The fraction of sp³-hybridized carbons (Fsp3) is 0. The maximum atomic E-state index is 5.68. The summed E-state index contributed by atoms with van der Waals surface area (Å²) in [7, 11) is 0. The van der Waals surface area contributed by atoms with Crippen LogP contribution < -0.4 is 5.73 Å². The molecule has 3 heterocycles. The number of nitrogens with two attached hydrogens (primary N) is 1. The molecule has 0 aliphatic carbocycles. The SMILES string of the molecule is Nc1ncnc2nc(-c3ccc(Cl)o3)[nH]c12. The van der Waals surface area contributed by atoms with E-state index < -0.39 is 0 Å². The molecule has 0 spiro atoms. The zero-order valence-electron chi connectivity index (χ0n) is 7.94. The summed E-state index contributed by atoms with van der Waals surface area (Å²) >= 11 is 5.68. The lowest BCUT2D eigenvalue weighted by atomic mass is 10.4. The van der Waals surface area contributed by atoms with Gasteiger partial charge in [-0.1, -0.05) is 0 Å². The lowest BCUT2D eigenvalue weighted by molar-refractivity contribution is 0.580. The number of hydrogen-bond donors (Lipinski definition) is 2. The number of nitrogens with zero attached hydrogens (tertiary/aromatic N) is 3. The molecule has 80 valence electrons. The topological polar surface area (TPSA) is 93.6 Å². The lowest BCUT2D eigenvalue weighted by Crippen LogP contribution is -1.91. The Morgan fingerprint density at radius 2 is 2.19 bits per heavy atom. The monoisotopic (exact) mass is 235 g/mol. The molecule has 3 rings (SSSR count). The highest BCUT2D eigenvalue weighted by Gasteiger charge is 2.11. The molecule has 16 heavy (non-hydrogen) atoms. The third-order valence-electron chi connectivity index (χ3n) is 2.12. The minimum Gasteiger partial charge on any atom is -0.441 e. The smallest absolute Gasteiger partial charge is 0.194 e. The van der Waals surface area contributed by atoms with Crippen molar-refractivity contribution >= 4 is 28.6 Å². The molecule has 0 aliphatic heterocycles. The first-order chi connectivity index (χ1) is 7.74. The normalized spacial score (nSPS) is 11.1. The van der Waals surface area contributed by atoms with Crippen LogP contribution in [0.3, 0.4) is 0 Å². The third kappa shape index (κ3) is 1.31. The number of nitrogens with one attached hydrogen (secondary N) is 1. The molecular formula is C9H6ClN5O. The van der Waals surface area contributed by atoms with E-state index in [4.69, 9.17) is 21.8 Å². The molecule has 3 N–H and O–H groups in total. The number of imidazole rings is 1. The van der Waals surface area contributed by atoms with Crippen molar-refractivity contribution in [3.63, 3.8) is 0 Å². The van der Waals surface area contributed by atoms with Crippen LogP contribution >= 0.6 is 11.6 Å². The molecule has 0 saturated heterocycles. The minimum absolute atomic E-state index is 0.300. The third-order valence-corrected chi connectivity index (χ3v) is 2.33. The summed E-state index contributed by atoms with van der Waals surface area (Å²) < 4.78 is 5.22. The fourth-order valence-corrected chi connectivity index (χ4v) is 1.55. The molecule has 0 radical (unpaired) electrons. The Balaban J connectivity index is 2.22. The van der Waals surface area contributed by atoms with Gasteiger partial charge in [-0.15, -0.1) is 0 Å². The number of aromatic amines is 1. The van der Waals surface area contributed by atoms with Crippen molar-refractivity contribution in [2.45, 2.75) is 0 Å². The van der Waals surface area contributed by atoms with E-state index in [9.17, 15) is 0 Å². The van der Waals surface area contributed by atoms with Gasteiger partial charge in [0.05, 0.1) is 0 Å². The Kier molecular flexibility index (Phi) is 1.84. The van der Waals surface area contributed by atoms with Gasteiger partial charge < -0.3 is 15.1 Å². The summed E-state index contributed by atoms with van der Waals surface area (Å²) in [6.07, 6.45) is 1.36. The molecule has 6 nitrogen and oxygen atoms in total. The lowest BCUT2D eigenvalue weighted by Gasteiger charge is -1.90. The van der Waals surface area contributed by atoms with Crippen molar-refractivity contribution in [2.75, 3.05) is 5.73 Å². The molecule has 3 aromatic rings. The Bertz CT molecular complexity index is 659. The van der Waals surface area contributed by atoms with Crippen molar-refractivity contribution < 1.29 is 4.42 Å². The highest BCUT2D eigenvalue weighted by atomic mass is 35.5. The predicted molar refractivity (Wildman–Crippen MR) is 58.8 cm³/mol. The summed E-state index contributed by atoms with van der Waals surface area (Å²) in [4.78, 5) is 15.0. The number of nitrogen functional groups attached to an aromatic ring is 1. The Morgan fingerprint density at radius 1 is 1.31 bits per heavy atom. The number of hydrogen-bond acceptors (Lipinski definition) is 5. The molecule has 0 fully saturated rings. The molecule has 0 amide bonds. The van der Waals surface area contributed by atoms with Gasteiger partial charge in [0.25, 0.3) is 0 Å². The van der Waals surface area contributed by atoms with E-state index in [1.54, 1.807) is 12.1 Å². The molecule has 0 bridgehead atoms. The van der Waals surface area contributed by atoms with Crippen molar-refractivity contribution in [2.24, 2.45) is 0 Å². The van der Waals surface area contributed by atoms with Crippen LogP contribution in [0.15, 0.2) is 22.9 Å². The van der Waals surface area contributed by atoms with E-state index in [0.717, 1.165) is 0 Å². The Morgan fingerprint density at radius 3 is 2.88 bits per heavy atom. The summed E-state index contributed by atoms with van der Waals surface area (Å²) in [5.74, 6) is 1.40. The quantitative estimate of drug-likeness (QED) is 0.671. The number of H-pyrrole nitrogens is 1. The van der Waals surface area contributed by atoms with Crippen LogP contribution in [0.4, 0.5) is 5.82 Å². The van der Waals surface area contributed by atoms with E-state index >= 15 is 0 Å². The van der Waals surface area contributed by atoms with E-state index in [0.29, 0.717) is 33.8 Å². The maximum absolute atomic E-state index is 5.68. The van der Waals surface area contributed by atoms with Crippen LogP contribution in [0.1, 0.15) is 0 Å². The summed E-state index contributed by atoms with van der Waals surface area (Å²) in [6, 6.07) is 3.35. The van der Waals surface area contributed by atoms with Gasteiger partial charge in [-0.25, -0.2) is 15.0 Å². The molecule has 7 heteroatoms. The van der Waals surface area contributed by atoms with Crippen LogP contribution in [-0.4, -0.2) is 19.9 Å². The molecule has 0 aliphatic rings. The highest BCUT2D eigenvalue weighted by molar-refractivity contribution is 6.28. The number of furan rings is 1. The first-order valence-corrected chi connectivity index (χ1v) is 4.84. The van der Waals surface area contributed by atoms with E-state index in [1.165, 1.54) is 6.33 Å². The van der Waals surface area contributed by atoms with E-state index in [-0.39, 0.29) is 0 Å². The number of rotatable bonds is 1. The first-order valence-electron chi connectivity index (χ1n) is 4.46. The van der Waals surface area contributed by atoms with Gasteiger partial charge in [0.2, 0.25) is 0 Å². The minimum atomic E-state index is 0.300. The number of aromatic nitrogens is 4. The standard InChI is InChI=1S/C9H6ClN5O/c10-5-2-1-4(16-5)8-14-6-7(11)12-3-13-9(6)15-8/h1-3H,(H3,11,12,13,14,15). The average molecular weight is 236 g/mol. The highest BCUT2D eigenvalue weighted by Crippen LogP contribution is 2.24. The van der Waals surface area contributed by atoms with Crippen LogP contribution in [0.5, 0.6) is 0 Å². The van der Waals surface area contributed by atoms with Crippen molar-refractivity contribution in [3.8, 4) is 11.6 Å². The fourth-order valence-electron chi connectivity index (χ4n) is 1.40. The number of anilines is 1.